The second-order valence-corrected chi connectivity index (χ2v) is 6.72. The Morgan fingerprint density at radius 2 is 2.09 bits per heavy atom. The summed E-state index contributed by atoms with van der Waals surface area (Å²) in [5.74, 6) is 1.99. The monoisotopic (exact) mass is 319 g/mol. The lowest BCUT2D eigenvalue weighted by atomic mass is 10.2. The van der Waals surface area contributed by atoms with Crippen molar-refractivity contribution in [1.29, 1.82) is 0 Å². The van der Waals surface area contributed by atoms with Gasteiger partial charge in [-0.15, -0.1) is 10.2 Å². The molecule has 118 valence electrons. The van der Waals surface area contributed by atoms with Crippen LogP contribution in [0.1, 0.15) is 17.0 Å². The zero-order chi connectivity index (χ0) is 15.4. The molecule has 1 N–H and O–H groups in total. The Labute approximate surface area is 135 Å². The smallest absolute Gasteiger partial charge is 0.191 e. The first-order valence-corrected chi connectivity index (χ1v) is 8.69. The van der Waals surface area contributed by atoms with Gasteiger partial charge in [0, 0.05) is 12.8 Å². The Morgan fingerprint density at radius 1 is 1.27 bits per heavy atom. The molecule has 22 heavy (non-hydrogen) atoms. The molecule has 0 amide bonds. The first-order chi connectivity index (χ1) is 10.7. The fourth-order valence-electron chi connectivity index (χ4n) is 2.63. The van der Waals surface area contributed by atoms with Crippen molar-refractivity contribution in [2.75, 3.05) is 26.3 Å². The number of nitrogens with zero attached hydrogens (tertiary/aromatic N) is 3. The molecule has 0 atom stereocenters. The van der Waals surface area contributed by atoms with Gasteiger partial charge in [-0.25, -0.2) is 0 Å². The molecule has 0 bridgehead atoms. The molecule has 0 radical (unpaired) electrons. The molecule has 0 saturated carbocycles. The van der Waals surface area contributed by atoms with E-state index in [0.29, 0.717) is 0 Å². The zero-order valence-electron chi connectivity index (χ0n) is 13.2. The molecule has 1 aromatic heterocycles. The standard InChI is InChI=1S/C16H22N4OS/c1-13-4-3-5-14(10-13)12-22-16-18-17-15(19(16)2)11-20-6-8-21-9-7-20/h3-5,10H,6-9,11-12H2,1-2H3/p+1. The van der Waals surface area contributed by atoms with E-state index < -0.39 is 0 Å². The van der Waals surface area contributed by atoms with Crippen LogP contribution >= 0.6 is 11.8 Å². The van der Waals surface area contributed by atoms with Crippen molar-refractivity contribution >= 4 is 11.8 Å². The zero-order valence-corrected chi connectivity index (χ0v) is 14.0. The van der Waals surface area contributed by atoms with Gasteiger partial charge in [-0.2, -0.15) is 0 Å². The summed E-state index contributed by atoms with van der Waals surface area (Å²) in [5, 5.41) is 9.71. The van der Waals surface area contributed by atoms with Gasteiger partial charge in [0.2, 0.25) is 0 Å². The number of morpholine rings is 1. The Bertz CT molecular complexity index is 622. The third kappa shape index (κ3) is 3.88. The Balaban J connectivity index is 1.60. The topological polar surface area (TPSA) is 44.4 Å². The first-order valence-electron chi connectivity index (χ1n) is 7.70. The molecule has 2 heterocycles. The van der Waals surface area contributed by atoms with Crippen LogP contribution in [0.5, 0.6) is 0 Å². The molecular formula is C16H23N4OS+. The maximum absolute atomic E-state index is 5.40. The van der Waals surface area contributed by atoms with E-state index in [0.717, 1.165) is 49.6 Å². The van der Waals surface area contributed by atoms with Crippen molar-refractivity contribution < 1.29 is 9.64 Å². The number of nitrogens with one attached hydrogen (secondary N) is 1. The van der Waals surface area contributed by atoms with Gasteiger partial charge in [0.1, 0.15) is 19.6 Å². The van der Waals surface area contributed by atoms with E-state index in [1.165, 1.54) is 16.0 Å². The summed E-state index contributed by atoms with van der Waals surface area (Å²) in [5.41, 5.74) is 2.63. The molecule has 0 aliphatic carbocycles. The van der Waals surface area contributed by atoms with Gasteiger partial charge >= 0.3 is 0 Å². The van der Waals surface area contributed by atoms with Crippen molar-refractivity contribution in [2.24, 2.45) is 7.05 Å². The maximum atomic E-state index is 5.40. The van der Waals surface area contributed by atoms with E-state index >= 15 is 0 Å². The van der Waals surface area contributed by atoms with Crippen LogP contribution in [-0.2, 0) is 24.1 Å². The molecule has 5 nitrogen and oxygen atoms in total. The Hall–Kier alpha value is -1.37. The van der Waals surface area contributed by atoms with Crippen LogP contribution in [0.3, 0.4) is 0 Å². The summed E-state index contributed by atoms with van der Waals surface area (Å²) in [6.07, 6.45) is 0. The minimum absolute atomic E-state index is 0.849. The van der Waals surface area contributed by atoms with E-state index in [9.17, 15) is 0 Å². The largest absolute Gasteiger partial charge is 0.370 e. The van der Waals surface area contributed by atoms with E-state index in [2.05, 4.69) is 53.0 Å². The highest BCUT2D eigenvalue weighted by atomic mass is 32.2. The quantitative estimate of drug-likeness (QED) is 0.829. The fraction of sp³-hybridized carbons (Fsp3) is 0.500. The summed E-state index contributed by atoms with van der Waals surface area (Å²) in [7, 11) is 2.06. The lowest BCUT2D eigenvalue weighted by Gasteiger charge is -2.23. The van der Waals surface area contributed by atoms with Gasteiger partial charge in [-0.3, -0.25) is 0 Å². The van der Waals surface area contributed by atoms with Gasteiger partial charge < -0.3 is 14.2 Å². The molecule has 1 aromatic carbocycles. The molecule has 3 rings (SSSR count). The van der Waals surface area contributed by atoms with E-state index in [4.69, 9.17) is 4.74 Å². The fourth-order valence-corrected chi connectivity index (χ4v) is 3.51. The third-order valence-corrected chi connectivity index (χ3v) is 5.07. The van der Waals surface area contributed by atoms with Gasteiger partial charge in [-0.05, 0) is 12.5 Å². The molecule has 1 fully saturated rings. The minimum atomic E-state index is 0.849. The van der Waals surface area contributed by atoms with Crippen molar-refractivity contribution in [2.45, 2.75) is 24.4 Å². The normalized spacial score (nSPS) is 16.1. The molecule has 0 spiro atoms. The molecular weight excluding hydrogens is 296 g/mol. The highest BCUT2D eigenvalue weighted by Gasteiger charge is 2.18. The van der Waals surface area contributed by atoms with Crippen LogP contribution in [-0.4, -0.2) is 41.1 Å². The van der Waals surface area contributed by atoms with Gasteiger partial charge in [0.25, 0.3) is 0 Å². The predicted octanol–water partition coefficient (Wildman–Crippen LogP) is 0.831. The molecule has 0 unspecified atom stereocenters. The number of rotatable bonds is 5. The van der Waals surface area contributed by atoms with Crippen molar-refractivity contribution in [3.05, 3.63) is 41.2 Å². The van der Waals surface area contributed by atoms with Crippen LogP contribution in [0.25, 0.3) is 0 Å². The van der Waals surface area contributed by atoms with Crippen molar-refractivity contribution in [1.82, 2.24) is 14.8 Å². The first kappa shape index (κ1) is 15.5. The van der Waals surface area contributed by atoms with Crippen molar-refractivity contribution in [3.8, 4) is 0 Å². The lowest BCUT2D eigenvalue weighted by molar-refractivity contribution is -0.922. The molecule has 1 aliphatic rings. The summed E-state index contributed by atoms with van der Waals surface area (Å²) in [6, 6.07) is 8.62. The average molecular weight is 319 g/mol. The van der Waals surface area contributed by atoms with Crippen LogP contribution in [0.2, 0.25) is 0 Å². The van der Waals surface area contributed by atoms with Crippen molar-refractivity contribution in [3.63, 3.8) is 0 Å². The minimum Gasteiger partial charge on any atom is -0.370 e. The number of quaternary nitrogens is 1. The van der Waals surface area contributed by atoms with E-state index in [1.807, 2.05) is 0 Å². The molecule has 1 aliphatic heterocycles. The molecule has 1 saturated heterocycles. The van der Waals surface area contributed by atoms with Gasteiger partial charge in [0.15, 0.2) is 11.0 Å². The SMILES string of the molecule is Cc1cccc(CSc2nnc(C[NH+]3CCOCC3)n2C)c1. The number of thioether (sulfide) groups is 1. The number of hydrogen-bond donors (Lipinski definition) is 1. The Morgan fingerprint density at radius 3 is 2.86 bits per heavy atom. The summed E-state index contributed by atoms with van der Waals surface area (Å²) in [6.45, 7) is 6.86. The molecule has 2 aromatic rings. The number of aryl methyl sites for hydroxylation is 1. The van der Waals surface area contributed by atoms with Gasteiger partial charge in [0.05, 0.1) is 13.2 Å². The summed E-state index contributed by atoms with van der Waals surface area (Å²) in [4.78, 5) is 1.52. The summed E-state index contributed by atoms with van der Waals surface area (Å²) < 4.78 is 7.53. The van der Waals surface area contributed by atoms with Crippen LogP contribution in [0.4, 0.5) is 0 Å². The number of aromatic nitrogens is 3. The number of ether oxygens (including phenoxy) is 1. The lowest BCUT2D eigenvalue weighted by Crippen LogP contribution is -3.12. The summed E-state index contributed by atoms with van der Waals surface area (Å²) >= 11 is 1.75. The highest BCUT2D eigenvalue weighted by molar-refractivity contribution is 7.98. The highest BCUT2D eigenvalue weighted by Crippen LogP contribution is 2.21. The second-order valence-electron chi connectivity index (χ2n) is 5.77. The number of hydrogen-bond acceptors (Lipinski definition) is 4. The molecule has 6 heteroatoms. The van der Waals surface area contributed by atoms with Crippen LogP contribution < -0.4 is 4.90 Å². The third-order valence-electron chi connectivity index (χ3n) is 3.98. The Kier molecular flexibility index (Phi) is 5.12. The predicted molar refractivity (Wildman–Crippen MR) is 87.0 cm³/mol. The number of benzene rings is 1. The maximum Gasteiger partial charge on any atom is 0.191 e. The van der Waals surface area contributed by atoms with Gasteiger partial charge in [-0.1, -0.05) is 41.6 Å². The van der Waals surface area contributed by atoms with Crippen LogP contribution in [0.15, 0.2) is 29.4 Å². The van der Waals surface area contributed by atoms with Crippen LogP contribution in [0, 0.1) is 6.92 Å². The van der Waals surface area contributed by atoms with E-state index in [-0.39, 0.29) is 0 Å². The average Bonchev–Trinajstić information content (AvgIpc) is 2.87. The second kappa shape index (κ2) is 7.26. The van der Waals surface area contributed by atoms with E-state index in [1.54, 1.807) is 11.8 Å².